The molecule has 0 fully saturated rings. The van der Waals surface area contributed by atoms with Gasteiger partial charge in [0.2, 0.25) is 0 Å². The minimum absolute atomic E-state index is 0.323. The second-order valence-electron chi connectivity index (χ2n) is 5.75. The van der Waals surface area contributed by atoms with Crippen LogP contribution in [0.15, 0.2) is 18.2 Å². The molecule has 0 saturated heterocycles. The van der Waals surface area contributed by atoms with Crippen LogP contribution in [-0.2, 0) is 4.79 Å². The first-order valence-electron chi connectivity index (χ1n) is 6.75. The fourth-order valence-corrected chi connectivity index (χ4v) is 2.13. The van der Waals surface area contributed by atoms with E-state index in [1.54, 1.807) is 13.8 Å². The number of rotatable bonds is 6. The van der Waals surface area contributed by atoms with Gasteiger partial charge in [-0.3, -0.25) is 4.79 Å². The Morgan fingerprint density at radius 3 is 2.21 bits per heavy atom. The summed E-state index contributed by atoms with van der Waals surface area (Å²) in [6, 6.07) is 5.98. The SMILES string of the molecule is CCCC(Oc1cc(C)cc(C)c1)C(C)(C)C(=O)O. The summed E-state index contributed by atoms with van der Waals surface area (Å²) >= 11 is 0. The molecule has 1 rings (SSSR count). The van der Waals surface area contributed by atoms with E-state index < -0.39 is 11.4 Å². The van der Waals surface area contributed by atoms with E-state index in [4.69, 9.17) is 4.74 Å². The summed E-state index contributed by atoms with van der Waals surface area (Å²) in [6.45, 7) is 9.50. The van der Waals surface area contributed by atoms with Gasteiger partial charge in [-0.1, -0.05) is 19.4 Å². The van der Waals surface area contributed by atoms with Crippen LogP contribution in [0.4, 0.5) is 0 Å². The highest BCUT2D eigenvalue weighted by Crippen LogP contribution is 2.30. The standard InChI is InChI=1S/C16H24O3/c1-6-7-14(16(4,5)15(17)18)19-13-9-11(2)8-12(3)10-13/h8-10,14H,6-7H2,1-5H3,(H,17,18). The largest absolute Gasteiger partial charge is 0.489 e. The van der Waals surface area contributed by atoms with Crippen LogP contribution in [0.5, 0.6) is 5.75 Å². The topological polar surface area (TPSA) is 46.5 Å². The van der Waals surface area contributed by atoms with E-state index in [1.165, 1.54) is 0 Å². The Labute approximate surface area is 115 Å². The van der Waals surface area contributed by atoms with Gasteiger partial charge in [-0.2, -0.15) is 0 Å². The lowest BCUT2D eigenvalue weighted by molar-refractivity contribution is -0.152. The maximum Gasteiger partial charge on any atom is 0.312 e. The minimum Gasteiger partial charge on any atom is -0.489 e. The van der Waals surface area contributed by atoms with Gasteiger partial charge in [0, 0.05) is 0 Å². The highest BCUT2D eigenvalue weighted by Gasteiger charge is 2.38. The predicted octanol–water partition coefficient (Wildman–Crippen LogP) is 3.96. The normalized spacial score (nSPS) is 13.1. The second kappa shape index (κ2) is 6.09. The molecule has 0 radical (unpaired) electrons. The summed E-state index contributed by atoms with van der Waals surface area (Å²) in [4.78, 5) is 11.4. The third-order valence-electron chi connectivity index (χ3n) is 3.38. The number of carbonyl (C=O) groups is 1. The Kier molecular flexibility index (Phi) is 4.98. The first-order chi connectivity index (χ1) is 8.77. The number of benzene rings is 1. The summed E-state index contributed by atoms with van der Waals surface area (Å²) in [5.41, 5.74) is 1.35. The fraction of sp³-hybridized carbons (Fsp3) is 0.562. The monoisotopic (exact) mass is 264 g/mol. The van der Waals surface area contributed by atoms with Crippen LogP contribution in [-0.4, -0.2) is 17.2 Å². The first kappa shape index (κ1) is 15.5. The summed E-state index contributed by atoms with van der Waals surface area (Å²) in [6.07, 6.45) is 1.30. The van der Waals surface area contributed by atoms with Gasteiger partial charge in [-0.15, -0.1) is 0 Å². The lowest BCUT2D eigenvalue weighted by atomic mass is 9.84. The molecular formula is C16H24O3. The number of hydrogen-bond donors (Lipinski definition) is 1. The van der Waals surface area contributed by atoms with E-state index in [1.807, 2.05) is 32.9 Å². The van der Waals surface area contributed by atoms with Crippen LogP contribution < -0.4 is 4.74 Å². The highest BCUT2D eigenvalue weighted by atomic mass is 16.5. The summed E-state index contributed by atoms with van der Waals surface area (Å²) in [5.74, 6) is -0.0689. The molecule has 0 heterocycles. The van der Waals surface area contributed by atoms with Gasteiger partial charge < -0.3 is 9.84 Å². The van der Waals surface area contributed by atoms with Gasteiger partial charge in [-0.25, -0.2) is 0 Å². The average molecular weight is 264 g/mol. The van der Waals surface area contributed by atoms with Crippen LogP contribution in [0.2, 0.25) is 0 Å². The Morgan fingerprint density at radius 1 is 1.26 bits per heavy atom. The zero-order valence-electron chi connectivity index (χ0n) is 12.5. The minimum atomic E-state index is -0.895. The number of carboxylic acid groups (broad SMARTS) is 1. The molecule has 0 amide bonds. The molecule has 1 aromatic carbocycles. The van der Waals surface area contributed by atoms with E-state index >= 15 is 0 Å². The molecule has 1 unspecified atom stereocenters. The van der Waals surface area contributed by atoms with E-state index in [0.29, 0.717) is 0 Å². The molecule has 0 aromatic heterocycles. The number of ether oxygens (including phenoxy) is 1. The van der Waals surface area contributed by atoms with Crippen molar-refractivity contribution in [3.05, 3.63) is 29.3 Å². The molecule has 0 aliphatic rings. The molecular weight excluding hydrogens is 240 g/mol. The maximum absolute atomic E-state index is 11.4. The number of carboxylic acids is 1. The molecule has 1 atom stereocenters. The van der Waals surface area contributed by atoms with Crippen molar-refractivity contribution in [2.24, 2.45) is 5.41 Å². The quantitative estimate of drug-likeness (QED) is 0.846. The van der Waals surface area contributed by atoms with Crippen molar-refractivity contribution in [2.45, 2.75) is 53.6 Å². The second-order valence-corrected chi connectivity index (χ2v) is 5.75. The van der Waals surface area contributed by atoms with Crippen molar-refractivity contribution in [2.75, 3.05) is 0 Å². The lowest BCUT2D eigenvalue weighted by Gasteiger charge is -2.31. The lowest BCUT2D eigenvalue weighted by Crippen LogP contribution is -2.41. The van der Waals surface area contributed by atoms with Crippen molar-refractivity contribution < 1.29 is 14.6 Å². The van der Waals surface area contributed by atoms with E-state index in [2.05, 4.69) is 6.07 Å². The molecule has 3 nitrogen and oxygen atoms in total. The molecule has 0 bridgehead atoms. The van der Waals surface area contributed by atoms with Crippen LogP contribution in [0.3, 0.4) is 0 Å². The van der Waals surface area contributed by atoms with Crippen LogP contribution >= 0.6 is 0 Å². The number of aryl methyl sites for hydroxylation is 2. The van der Waals surface area contributed by atoms with Crippen molar-refractivity contribution in [3.8, 4) is 5.75 Å². The molecule has 3 heteroatoms. The zero-order chi connectivity index (χ0) is 14.6. The molecule has 1 aromatic rings. The van der Waals surface area contributed by atoms with Crippen LogP contribution in [0.1, 0.15) is 44.7 Å². The van der Waals surface area contributed by atoms with Crippen molar-refractivity contribution in [1.82, 2.24) is 0 Å². The summed E-state index contributed by atoms with van der Waals surface area (Å²) in [7, 11) is 0. The van der Waals surface area contributed by atoms with Gasteiger partial charge in [0.15, 0.2) is 0 Å². The number of aliphatic carboxylic acids is 1. The van der Waals surface area contributed by atoms with Gasteiger partial charge in [-0.05, 0) is 57.4 Å². The molecule has 1 N–H and O–H groups in total. The summed E-state index contributed by atoms with van der Waals surface area (Å²) < 4.78 is 5.96. The van der Waals surface area contributed by atoms with Crippen molar-refractivity contribution >= 4 is 5.97 Å². The molecule has 0 aliphatic carbocycles. The molecule has 0 spiro atoms. The highest BCUT2D eigenvalue weighted by molar-refractivity contribution is 5.74. The third-order valence-corrected chi connectivity index (χ3v) is 3.38. The Balaban J connectivity index is 2.98. The molecule has 19 heavy (non-hydrogen) atoms. The van der Waals surface area contributed by atoms with Crippen LogP contribution in [0.25, 0.3) is 0 Å². The Morgan fingerprint density at radius 2 is 1.79 bits per heavy atom. The number of hydrogen-bond acceptors (Lipinski definition) is 2. The average Bonchev–Trinajstić information content (AvgIpc) is 2.26. The van der Waals surface area contributed by atoms with Gasteiger partial charge in [0.05, 0.1) is 5.41 Å². The summed E-state index contributed by atoms with van der Waals surface area (Å²) in [5, 5.41) is 9.35. The van der Waals surface area contributed by atoms with Crippen molar-refractivity contribution in [1.29, 1.82) is 0 Å². The maximum atomic E-state index is 11.4. The van der Waals surface area contributed by atoms with E-state index in [-0.39, 0.29) is 6.10 Å². The fourth-order valence-electron chi connectivity index (χ4n) is 2.13. The predicted molar refractivity (Wildman–Crippen MR) is 76.7 cm³/mol. The van der Waals surface area contributed by atoms with Gasteiger partial charge in [0.25, 0.3) is 0 Å². The Bertz CT molecular complexity index is 429. The molecule has 0 aliphatic heterocycles. The zero-order valence-corrected chi connectivity index (χ0v) is 12.5. The van der Waals surface area contributed by atoms with Gasteiger partial charge in [0.1, 0.15) is 11.9 Å². The van der Waals surface area contributed by atoms with Gasteiger partial charge >= 0.3 is 5.97 Å². The smallest absolute Gasteiger partial charge is 0.312 e. The third kappa shape index (κ3) is 3.98. The molecule has 0 saturated carbocycles. The Hall–Kier alpha value is -1.51. The van der Waals surface area contributed by atoms with E-state index in [0.717, 1.165) is 29.7 Å². The van der Waals surface area contributed by atoms with Crippen LogP contribution in [0, 0.1) is 19.3 Å². The molecule has 106 valence electrons. The first-order valence-corrected chi connectivity index (χ1v) is 6.75. The van der Waals surface area contributed by atoms with Crippen molar-refractivity contribution in [3.63, 3.8) is 0 Å². The van der Waals surface area contributed by atoms with E-state index in [9.17, 15) is 9.90 Å².